The second kappa shape index (κ2) is 8.91. The quantitative estimate of drug-likeness (QED) is 0.658. The molecule has 2 aliphatic heterocycles. The van der Waals surface area contributed by atoms with Crippen LogP contribution in [-0.2, 0) is 22.5 Å². The fraction of sp³-hybridized carbons (Fsp3) is 0.607. The highest BCUT2D eigenvalue weighted by Crippen LogP contribution is 2.57. The van der Waals surface area contributed by atoms with Crippen LogP contribution in [0.15, 0.2) is 18.2 Å². The van der Waals surface area contributed by atoms with Crippen LogP contribution in [0.1, 0.15) is 59.1 Å². The molecule has 8 nitrogen and oxygen atoms in total. The third-order valence-corrected chi connectivity index (χ3v) is 8.58. The van der Waals surface area contributed by atoms with E-state index in [4.69, 9.17) is 9.84 Å². The van der Waals surface area contributed by atoms with E-state index in [-0.39, 0.29) is 30.6 Å². The smallest absolute Gasteiger partial charge is 0.274 e. The number of carbonyl (C=O) groups is 2. The molecule has 1 aromatic heterocycles. The van der Waals surface area contributed by atoms with Crippen molar-refractivity contribution in [1.82, 2.24) is 19.6 Å². The molecule has 2 aromatic rings. The molecule has 6 rings (SSSR count). The molecule has 0 N–H and O–H groups in total. The van der Waals surface area contributed by atoms with Crippen molar-refractivity contribution in [2.45, 2.75) is 65.2 Å². The Kier molecular flexibility index (Phi) is 5.82. The molecule has 1 saturated carbocycles. The number of aromatic nitrogens is 2. The predicted molar refractivity (Wildman–Crippen MR) is 137 cm³/mol. The molecule has 192 valence electrons. The standard InChI is InChI=1S/C28H37N5O3/c1-17-6-5-7-24(20(17)4)30-8-10-31(11-9-30)25(34)16-33-27-22-12-21(22)13-23(27)26(29-33)28(35)32-14-18(2)36-19(3)15-32/h5-7,18-19,21-22H,8-16H2,1-4H3/t18-,19+,21-,22-/m0/s1. The summed E-state index contributed by atoms with van der Waals surface area (Å²) in [7, 11) is 0. The molecule has 0 unspecified atom stereocenters. The van der Waals surface area contributed by atoms with Gasteiger partial charge in [0.05, 0.1) is 12.2 Å². The molecule has 2 saturated heterocycles. The monoisotopic (exact) mass is 491 g/mol. The number of piperazine rings is 1. The van der Waals surface area contributed by atoms with E-state index < -0.39 is 0 Å². The SMILES string of the molecule is Cc1cccc(N2CCN(C(=O)Cn3nc(C(=O)N4C[C@@H](C)O[C@@H](C)C4)c4c3[C@H]3C[C@H]3C4)CC2)c1C. The maximum atomic E-state index is 13.5. The highest BCUT2D eigenvalue weighted by atomic mass is 16.5. The van der Waals surface area contributed by atoms with Crippen LogP contribution in [0.3, 0.4) is 0 Å². The van der Waals surface area contributed by atoms with Gasteiger partial charge in [-0.15, -0.1) is 0 Å². The van der Waals surface area contributed by atoms with Gasteiger partial charge in [-0.05, 0) is 63.6 Å². The van der Waals surface area contributed by atoms with E-state index in [0.717, 1.165) is 37.2 Å². The molecule has 1 aromatic carbocycles. The van der Waals surface area contributed by atoms with Gasteiger partial charge in [-0.3, -0.25) is 14.3 Å². The molecule has 2 amide bonds. The Balaban J connectivity index is 1.16. The molecule has 4 atom stereocenters. The van der Waals surface area contributed by atoms with Gasteiger partial charge in [0.1, 0.15) is 6.54 Å². The van der Waals surface area contributed by atoms with E-state index in [1.807, 2.05) is 28.3 Å². The third-order valence-electron chi connectivity index (χ3n) is 8.58. The van der Waals surface area contributed by atoms with Gasteiger partial charge in [0.15, 0.2) is 5.69 Å². The summed E-state index contributed by atoms with van der Waals surface area (Å²) in [6, 6.07) is 6.42. The molecular weight excluding hydrogens is 454 g/mol. The summed E-state index contributed by atoms with van der Waals surface area (Å²) in [5, 5.41) is 4.78. The molecule has 3 heterocycles. The van der Waals surface area contributed by atoms with E-state index in [2.05, 4.69) is 36.9 Å². The number of hydrogen-bond donors (Lipinski definition) is 0. The fourth-order valence-corrected chi connectivity index (χ4v) is 6.49. The van der Waals surface area contributed by atoms with E-state index in [1.165, 1.54) is 16.8 Å². The maximum Gasteiger partial charge on any atom is 0.274 e. The van der Waals surface area contributed by atoms with Crippen molar-refractivity contribution in [3.05, 3.63) is 46.3 Å². The Hall–Kier alpha value is -2.87. The van der Waals surface area contributed by atoms with Gasteiger partial charge in [0, 0.05) is 62.1 Å². The number of morpholine rings is 1. The Morgan fingerprint density at radius 2 is 1.75 bits per heavy atom. The van der Waals surface area contributed by atoms with Crippen molar-refractivity contribution >= 4 is 17.5 Å². The van der Waals surface area contributed by atoms with Crippen molar-refractivity contribution < 1.29 is 14.3 Å². The first-order chi connectivity index (χ1) is 17.3. The largest absolute Gasteiger partial charge is 0.372 e. The summed E-state index contributed by atoms with van der Waals surface area (Å²) in [5.74, 6) is 1.17. The Morgan fingerprint density at radius 3 is 2.47 bits per heavy atom. The number of fused-ring (bicyclic) bond motifs is 3. The van der Waals surface area contributed by atoms with Gasteiger partial charge in [0.2, 0.25) is 5.91 Å². The molecular formula is C28H37N5O3. The average molecular weight is 492 g/mol. The Bertz CT molecular complexity index is 1190. The zero-order valence-electron chi connectivity index (χ0n) is 21.9. The van der Waals surface area contributed by atoms with Gasteiger partial charge in [0.25, 0.3) is 5.91 Å². The minimum absolute atomic E-state index is 0.0112. The van der Waals surface area contributed by atoms with Crippen LogP contribution in [0.25, 0.3) is 0 Å². The van der Waals surface area contributed by atoms with Gasteiger partial charge in [-0.2, -0.15) is 5.10 Å². The minimum atomic E-state index is -0.0112. The Labute approximate surface area is 213 Å². The van der Waals surface area contributed by atoms with Crippen molar-refractivity contribution in [2.24, 2.45) is 5.92 Å². The number of benzene rings is 1. The van der Waals surface area contributed by atoms with Gasteiger partial charge < -0.3 is 19.4 Å². The lowest BCUT2D eigenvalue weighted by Crippen LogP contribution is -2.50. The lowest BCUT2D eigenvalue weighted by atomic mass is 10.1. The zero-order valence-corrected chi connectivity index (χ0v) is 21.9. The third kappa shape index (κ3) is 4.09. The molecule has 0 spiro atoms. The van der Waals surface area contributed by atoms with Crippen LogP contribution in [0.5, 0.6) is 0 Å². The van der Waals surface area contributed by atoms with Crippen LogP contribution >= 0.6 is 0 Å². The maximum absolute atomic E-state index is 13.5. The summed E-state index contributed by atoms with van der Waals surface area (Å²) in [5.41, 5.74) is 6.65. The summed E-state index contributed by atoms with van der Waals surface area (Å²) < 4.78 is 7.69. The lowest BCUT2D eigenvalue weighted by Gasteiger charge is -2.37. The summed E-state index contributed by atoms with van der Waals surface area (Å²) >= 11 is 0. The summed E-state index contributed by atoms with van der Waals surface area (Å²) in [4.78, 5) is 33.1. The highest BCUT2D eigenvalue weighted by molar-refractivity contribution is 5.94. The van der Waals surface area contributed by atoms with E-state index >= 15 is 0 Å². The van der Waals surface area contributed by atoms with Crippen LogP contribution in [-0.4, -0.2) is 82.9 Å². The number of amides is 2. The number of carbonyl (C=O) groups excluding carboxylic acids is 2. The number of ether oxygens (including phenoxy) is 1. The van der Waals surface area contributed by atoms with Crippen LogP contribution in [0, 0.1) is 19.8 Å². The summed E-state index contributed by atoms with van der Waals surface area (Å²) in [6.45, 7) is 12.8. The molecule has 0 bridgehead atoms. The molecule has 4 aliphatic rings. The topological polar surface area (TPSA) is 70.9 Å². The number of aryl methyl sites for hydroxylation is 1. The Morgan fingerprint density at radius 1 is 1.03 bits per heavy atom. The van der Waals surface area contributed by atoms with E-state index in [0.29, 0.717) is 43.7 Å². The zero-order chi connectivity index (χ0) is 25.1. The molecule has 36 heavy (non-hydrogen) atoms. The van der Waals surface area contributed by atoms with Crippen LogP contribution < -0.4 is 4.90 Å². The van der Waals surface area contributed by atoms with Crippen LogP contribution in [0.4, 0.5) is 5.69 Å². The molecule has 2 aliphatic carbocycles. The van der Waals surface area contributed by atoms with Gasteiger partial charge in [-0.25, -0.2) is 0 Å². The second-order valence-corrected chi connectivity index (χ2v) is 11.2. The first kappa shape index (κ1) is 23.5. The number of anilines is 1. The number of rotatable bonds is 4. The van der Waals surface area contributed by atoms with Gasteiger partial charge >= 0.3 is 0 Å². The second-order valence-electron chi connectivity index (χ2n) is 11.2. The highest BCUT2D eigenvalue weighted by Gasteiger charge is 2.50. The normalized spacial score (nSPS) is 27.2. The van der Waals surface area contributed by atoms with Crippen molar-refractivity contribution in [1.29, 1.82) is 0 Å². The average Bonchev–Trinajstić information content (AvgIpc) is 3.37. The summed E-state index contributed by atoms with van der Waals surface area (Å²) in [6.07, 6.45) is 2.11. The molecule has 8 heteroatoms. The minimum Gasteiger partial charge on any atom is -0.372 e. The molecule has 0 radical (unpaired) electrons. The number of hydrogen-bond acceptors (Lipinski definition) is 5. The fourth-order valence-electron chi connectivity index (χ4n) is 6.49. The first-order valence-corrected chi connectivity index (χ1v) is 13.4. The lowest BCUT2D eigenvalue weighted by molar-refractivity contribution is -0.132. The van der Waals surface area contributed by atoms with E-state index in [9.17, 15) is 9.59 Å². The van der Waals surface area contributed by atoms with E-state index in [1.54, 1.807) is 0 Å². The van der Waals surface area contributed by atoms with Crippen molar-refractivity contribution in [2.75, 3.05) is 44.2 Å². The number of nitrogens with zero attached hydrogens (tertiary/aromatic N) is 5. The van der Waals surface area contributed by atoms with Gasteiger partial charge in [-0.1, -0.05) is 12.1 Å². The molecule has 3 fully saturated rings. The van der Waals surface area contributed by atoms with Crippen LogP contribution in [0.2, 0.25) is 0 Å². The van der Waals surface area contributed by atoms with Crippen molar-refractivity contribution in [3.8, 4) is 0 Å². The first-order valence-electron chi connectivity index (χ1n) is 13.4. The predicted octanol–water partition coefficient (Wildman–Crippen LogP) is 2.76. The van der Waals surface area contributed by atoms with Crippen molar-refractivity contribution in [3.63, 3.8) is 0 Å².